The molecule has 0 amide bonds. The first-order valence-electron chi connectivity index (χ1n) is 6.60. The van der Waals surface area contributed by atoms with E-state index in [-0.39, 0.29) is 0 Å². The van der Waals surface area contributed by atoms with E-state index in [0.717, 1.165) is 6.04 Å². The molecule has 1 saturated carbocycles. The minimum Gasteiger partial charge on any atom is -0.346 e. The molecule has 1 saturated heterocycles. The summed E-state index contributed by atoms with van der Waals surface area (Å²) >= 11 is 0. The lowest BCUT2D eigenvalue weighted by molar-refractivity contribution is 0.108. The van der Waals surface area contributed by atoms with Crippen LogP contribution < -0.4 is 5.32 Å². The first kappa shape index (κ1) is 10.4. The highest BCUT2D eigenvalue weighted by molar-refractivity contribution is 5.16. The highest BCUT2D eigenvalue weighted by Gasteiger charge is 2.41. The third-order valence-electron chi connectivity index (χ3n) is 4.61. The molecule has 2 fully saturated rings. The Labute approximate surface area is 98.0 Å². The van der Waals surface area contributed by atoms with Crippen molar-refractivity contribution in [2.24, 2.45) is 0 Å². The zero-order valence-electron chi connectivity index (χ0n) is 10.4. The number of nitrogens with one attached hydrogen (secondary N) is 1. The fourth-order valence-corrected chi connectivity index (χ4v) is 3.59. The molecule has 0 unspecified atom stereocenters. The van der Waals surface area contributed by atoms with E-state index in [1.165, 1.54) is 50.0 Å². The van der Waals surface area contributed by atoms with Gasteiger partial charge in [-0.05, 0) is 64.6 Å². The minimum atomic E-state index is 0.506. The van der Waals surface area contributed by atoms with Gasteiger partial charge < -0.3 is 9.88 Å². The summed E-state index contributed by atoms with van der Waals surface area (Å²) in [6.45, 7) is 5.67. The number of rotatable bonds is 1. The number of aromatic nitrogens is 1. The average molecular weight is 218 g/mol. The predicted molar refractivity (Wildman–Crippen MR) is 66.8 cm³/mol. The molecule has 1 spiro atoms. The van der Waals surface area contributed by atoms with Crippen LogP contribution in [0.5, 0.6) is 0 Å². The van der Waals surface area contributed by atoms with Crippen molar-refractivity contribution in [2.45, 2.75) is 57.5 Å². The van der Waals surface area contributed by atoms with E-state index in [1.54, 1.807) is 0 Å². The molecule has 16 heavy (non-hydrogen) atoms. The van der Waals surface area contributed by atoms with Gasteiger partial charge in [-0.3, -0.25) is 0 Å². The van der Waals surface area contributed by atoms with Gasteiger partial charge in [0.05, 0.1) is 0 Å². The summed E-state index contributed by atoms with van der Waals surface area (Å²) in [4.78, 5) is 0. The van der Waals surface area contributed by atoms with Crippen molar-refractivity contribution < 1.29 is 0 Å². The van der Waals surface area contributed by atoms with Crippen LogP contribution in [-0.4, -0.2) is 16.7 Å². The number of hydrogen-bond donors (Lipinski definition) is 1. The van der Waals surface area contributed by atoms with E-state index in [2.05, 4.69) is 35.9 Å². The highest BCUT2D eigenvalue weighted by atomic mass is 15.1. The Bertz CT molecular complexity index is 368. The van der Waals surface area contributed by atoms with Crippen molar-refractivity contribution in [1.29, 1.82) is 0 Å². The fourth-order valence-electron chi connectivity index (χ4n) is 3.59. The van der Waals surface area contributed by atoms with Gasteiger partial charge in [0, 0.05) is 23.0 Å². The largest absolute Gasteiger partial charge is 0.346 e. The van der Waals surface area contributed by atoms with Crippen molar-refractivity contribution >= 4 is 0 Å². The molecule has 0 radical (unpaired) electrons. The van der Waals surface area contributed by atoms with Crippen LogP contribution in [0.15, 0.2) is 12.1 Å². The molecule has 2 heterocycles. The molecule has 2 nitrogen and oxygen atoms in total. The quantitative estimate of drug-likeness (QED) is 0.767. The number of aryl methyl sites for hydroxylation is 2. The van der Waals surface area contributed by atoms with Crippen LogP contribution in [0.4, 0.5) is 0 Å². The van der Waals surface area contributed by atoms with Crippen molar-refractivity contribution in [3.8, 4) is 0 Å². The zero-order chi connectivity index (χ0) is 11.2. The second-order valence-corrected chi connectivity index (χ2v) is 5.69. The Hall–Kier alpha value is -0.760. The van der Waals surface area contributed by atoms with E-state index in [1.807, 2.05) is 0 Å². The first-order chi connectivity index (χ1) is 7.70. The Morgan fingerprint density at radius 2 is 1.94 bits per heavy atom. The maximum atomic E-state index is 3.75. The van der Waals surface area contributed by atoms with Gasteiger partial charge in [0.1, 0.15) is 0 Å². The number of hydrogen-bond acceptors (Lipinski definition) is 1. The molecule has 88 valence electrons. The Morgan fingerprint density at radius 3 is 2.50 bits per heavy atom. The van der Waals surface area contributed by atoms with Crippen LogP contribution in [0.1, 0.15) is 49.5 Å². The molecule has 0 aromatic carbocycles. The van der Waals surface area contributed by atoms with E-state index in [9.17, 15) is 0 Å². The fraction of sp³-hybridized carbons (Fsp3) is 0.714. The molecule has 1 N–H and O–H groups in total. The van der Waals surface area contributed by atoms with Gasteiger partial charge in [0.15, 0.2) is 0 Å². The summed E-state index contributed by atoms with van der Waals surface area (Å²) in [5.41, 5.74) is 3.37. The maximum absolute atomic E-state index is 3.75. The molecule has 1 aromatic rings. The average Bonchev–Trinajstić information content (AvgIpc) is 2.57. The number of piperidine rings is 1. The van der Waals surface area contributed by atoms with Gasteiger partial charge in [-0.2, -0.15) is 0 Å². The summed E-state index contributed by atoms with van der Waals surface area (Å²) in [7, 11) is 0. The van der Waals surface area contributed by atoms with Crippen LogP contribution in [0.3, 0.4) is 0 Å². The van der Waals surface area contributed by atoms with Crippen molar-refractivity contribution in [3.05, 3.63) is 23.5 Å². The first-order valence-corrected chi connectivity index (χ1v) is 6.60. The van der Waals surface area contributed by atoms with Gasteiger partial charge in [0.2, 0.25) is 0 Å². The molecule has 0 bridgehead atoms. The highest BCUT2D eigenvalue weighted by Crippen LogP contribution is 2.42. The minimum absolute atomic E-state index is 0.506. The lowest BCUT2D eigenvalue weighted by Gasteiger charge is -2.49. The topological polar surface area (TPSA) is 17.0 Å². The second kappa shape index (κ2) is 3.63. The van der Waals surface area contributed by atoms with Crippen molar-refractivity contribution in [1.82, 2.24) is 9.88 Å². The smallest absolute Gasteiger partial charge is 0.0365 e. The number of nitrogens with zero attached hydrogens (tertiary/aromatic N) is 1. The van der Waals surface area contributed by atoms with E-state index < -0.39 is 0 Å². The van der Waals surface area contributed by atoms with Gasteiger partial charge in [-0.25, -0.2) is 0 Å². The van der Waals surface area contributed by atoms with Gasteiger partial charge >= 0.3 is 0 Å². The Kier molecular flexibility index (Phi) is 2.36. The summed E-state index contributed by atoms with van der Waals surface area (Å²) in [6, 6.07) is 5.24. The lowest BCUT2D eigenvalue weighted by atomic mass is 9.70. The van der Waals surface area contributed by atoms with Crippen LogP contribution in [0.25, 0.3) is 0 Å². The van der Waals surface area contributed by atoms with Crippen LogP contribution in [0.2, 0.25) is 0 Å². The molecule has 2 aliphatic rings. The normalized spacial score (nSPS) is 28.0. The van der Waals surface area contributed by atoms with Gasteiger partial charge in [0.25, 0.3) is 0 Å². The monoisotopic (exact) mass is 218 g/mol. The summed E-state index contributed by atoms with van der Waals surface area (Å²) in [5.74, 6) is 0. The molecule has 2 heteroatoms. The predicted octanol–water partition coefficient (Wildman–Crippen LogP) is 2.95. The Morgan fingerprint density at radius 1 is 1.25 bits per heavy atom. The maximum Gasteiger partial charge on any atom is 0.0365 e. The zero-order valence-corrected chi connectivity index (χ0v) is 10.4. The van der Waals surface area contributed by atoms with Crippen LogP contribution in [-0.2, 0) is 0 Å². The summed E-state index contributed by atoms with van der Waals surface area (Å²) in [6.07, 6.45) is 6.83. The molecular formula is C14H22N2. The van der Waals surface area contributed by atoms with Crippen LogP contribution in [0, 0.1) is 13.8 Å². The third kappa shape index (κ3) is 1.51. The summed E-state index contributed by atoms with van der Waals surface area (Å²) in [5, 5.41) is 3.75. The third-order valence-corrected chi connectivity index (χ3v) is 4.61. The summed E-state index contributed by atoms with van der Waals surface area (Å²) < 4.78 is 2.56. The van der Waals surface area contributed by atoms with Gasteiger partial charge in [-0.15, -0.1) is 0 Å². The molecule has 1 aromatic heterocycles. The SMILES string of the molecule is Cc1ccc(C)n1[C@H]1CCNC2(CCC2)C1. The van der Waals surface area contributed by atoms with E-state index in [4.69, 9.17) is 0 Å². The van der Waals surface area contributed by atoms with Crippen molar-refractivity contribution in [3.63, 3.8) is 0 Å². The molecule has 1 aliphatic carbocycles. The lowest BCUT2D eigenvalue weighted by Crippen LogP contribution is -2.55. The standard InChI is InChI=1S/C14H22N2/c1-11-4-5-12(2)16(11)13-6-9-15-14(10-13)7-3-8-14/h4-5,13,15H,3,6-10H2,1-2H3/t13-/m0/s1. The Balaban J connectivity index is 1.84. The molecule has 3 rings (SSSR count). The van der Waals surface area contributed by atoms with Crippen molar-refractivity contribution in [2.75, 3.05) is 6.54 Å². The van der Waals surface area contributed by atoms with E-state index >= 15 is 0 Å². The van der Waals surface area contributed by atoms with Gasteiger partial charge in [-0.1, -0.05) is 0 Å². The van der Waals surface area contributed by atoms with E-state index in [0.29, 0.717) is 5.54 Å². The van der Waals surface area contributed by atoms with Crippen LogP contribution >= 0.6 is 0 Å². The molecular weight excluding hydrogens is 196 g/mol. The second-order valence-electron chi connectivity index (χ2n) is 5.69. The molecule has 1 atom stereocenters. The molecule has 1 aliphatic heterocycles.